The molecule has 0 aromatic rings. The maximum atomic E-state index is 12.2. The van der Waals surface area contributed by atoms with Gasteiger partial charge < -0.3 is 10.2 Å². The van der Waals surface area contributed by atoms with Crippen LogP contribution in [0.3, 0.4) is 0 Å². The average Bonchev–Trinajstić information content (AvgIpc) is 2.20. The van der Waals surface area contributed by atoms with Gasteiger partial charge in [-0.15, -0.1) is 0 Å². The number of hydrogen-bond donors (Lipinski definition) is 1. The Bertz CT molecular complexity index is 320. The van der Waals surface area contributed by atoms with Crippen LogP contribution in [0.25, 0.3) is 0 Å². The summed E-state index contributed by atoms with van der Waals surface area (Å²) in [5.74, 6) is 0.165. The summed E-state index contributed by atoms with van der Waals surface area (Å²) in [7, 11) is 1.73. The van der Waals surface area contributed by atoms with Crippen LogP contribution in [0, 0.1) is 11.3 Å². The highest BCUT2D eigenvalue weighted by molar-refractivity contribution is 5.97. The molecule has 4 heteroatoms. The lowest BCUT2D eigenvalue weighted by Gasteiger charge is -2.44. The smallest absolute Gasteiger partial charge is 0.245 e. The maximum Gasteiger partial charge on any atom is 0.245 e. The average molecular weight is 240 g/mol. The first-order chi connectivity index (χ1) is 7.70. The Morgan fingerprint density at radius 2 is 1.88 bits per heavy atom. The number of nitrogens with one attached hydrogen (secondary N) is 1. The van der Waals surface area contributed by atoms with Crippen LogP contribution in [0.5, 0.6) is 0 Å². The van der Waals surface area contributed by atoms with Crippen LogP contribution in [-0.2, 0) is 9.59 Å². The van der Waals surface area contributed by atoms with Gasteiger partial charge in [0.2, 0.25) is 11.8 Å². The standard InChI is InChI=1S/C13H24N2O2/c1-7-8(2)9-12(17)15(6)10(11(16)14-9)13(3,4)5/h8-10H,7H2,1-6H3,(H,14,16). The molecule has 0 aromatic heterocycles. The number of carbonyl (C=O) groups excluding carboxylic acids is 2. The molecule has 0 radical (unpaired) electrons. The number of amides is 2. The number of nitrogens with zero attached hydrogens (tertiary/aromatic N) is 1. The molecule has 0 bridgehead atoms. The van der Waals surface area contributed by atoms with Crippen molar-refractivity contribution in [3.63, 3.8) is 0 Å². The molecular formula is C13H24N2O2. The van der Waals surface area contributed by atoms with E-state index in [0.29, 0.717) is 0 Å². The van der Waals surface area contributed by atoms with Crippen LogP contribution in [-0.4, -0.2) is 35.8 Å². The van der Waals surface area contributed by atoms with Crippen molar-refractivity contribution in [2.45, 2.75) is 53.1 Å². The highest BCUT2D eigenvalue weighted by Crippen LogP contribution is 2.28. The summed E-state index contributed by atoms with van der Waals surface area (Å²) in [6.45, 7) is 9.95. The zero-order chi connectivity index (χ0) is 13.4. The molecule has 1 heterocycles. The predicted octanol–water partition coefficient (Wildman–Crippen LogP) is 1.40. The van der Waals surface area contributed by atoms with Gasteiger partial charge in [0.15, 0.2) is 0 Å². The van der Waals surface area contributed by atoms with Gasteiger partial charge in [0.05, 0.1) is 0 Å². The molecule has 0 aliphatic carbocycles. The van der Waals surface area contributed by atoms with Gasteiger partial charge in [0.1, 0.15) is 12.1 Å². The third kappa shape index (κ3) is 2.61. The number of hydrogen-bond acceptors (Lipinski definition) is 2. The minimum Gasteiger partial charge on any atom is -0.342 e. The molecule has 1 fully saturated rings. The highest BCUT2D eigenvalue weighted by atomic mass is 16.2. The van der Waals surface area contributed by atoms with Crippen molar-refractivity contribution in [1.29, 1.82) is 0 Å². The predicted molar refractivity (Wildman–Crippen MR) is 67.4 cm³/mol. The van der Waals surface area contributed by atoms with Crippen molar-refractivity contribution in [2.24, 2.45) is 11.3 Å². The van der Waals surface area contributed by atoms with E-state index in [2.05, 4.69) is 5.32 Å². The first-order valence-corrected chi connectivity index (χ1v) is 6.27. The molecule has 1 rings (SSSR count). The van der Waals surface area contributed by atoms with E-state index in [1.807, 2.05) is 34.6 Å². The first-order valence-electron chi connectivity index (χ1n) is 6.27. The minimum atomic E-state index is -0.379. The second-order valence-electron chi connectivity index (χ2n) is 6.09. The Morgan fingerprint density at radius 3 is 2.29 bits per heavy atom. The lowest BCUT2D eigenvalue weighted by atomic mass is 9.82. The van der Waals surface area contributed by atoms with Crippen LogP contribution in [0.4, 0.5) is 0 Å². The first kappa shape index (κ1) is 14.0. The van der Waals surface area contributed by atoms with Crippen LogP contribution in [0.15, 0.2) is 0 Å². The van der Waals surface area contributed by atoms with Crippen molar-refractivity contribution in [3.05, 3.63) is 0 Å². The molecule has 0 saturated carbocycles. The Labute approximate surface area is 104 Å². The molecular weight excluding hydrogens is 216 g/mol. The molecule has 0 aromatic carbocycles. The van der Waals surface area contributed by atoms with Crippen LogP contribution >= 0.6 is 0 Å². The second kappa shape index (κ2) is 4.67. The van der Waals surface area contributed by atoms with Crippen LogP contribution < -0.4 is 5.32 Å². The molecule has 1 aliphatic rings. The second-order valence-corrected chi connectivity index (χ2v) is 6.09. The van der Waals surface area contributed by atoms with Gasteiger partial charge in [-0.1, -0.05) is 41.0 Å². The van der Waals surface area contributed by atoms with E-state index in [9.17, 15) is 9.59 Å². The third-order valence-corrected chi connectivity index (χ3v) is 3.58. The lowest BCUT2D eigenvalue weighted by Crippen LogP contribution is -2.66. The summed E-state index contributed by atoms with van der Waals surface area (Å²) in [5, 5.41) is 2.87. The SMILES string of the molecule is CCC(C)C1NC(=O)C(C(C)(C)C)N(C)C1=O. The van der Waals surface area contributed by atoms with Gasteiger partial charge in [-0.25, -0.2) is 0 Å². The van der Waals surface area contributed by atoms with Crippen molar-refractivity contribution in [3.8, 4) is 0 Å². The molecule has 1 aliphatic heterocycles. The van der Waals surface area contributed by atoms with Crippen LogP contribution in [0.2, 0.25) is 0 Å². The quantitative estimate of drug-likeness (QED) is 0.793. The molecule has 0 spiro atoms. The largest absolute Gasteiger partial charge is 0.342 e. The molecule has 2 amide bonds. The van der Waals surface area contributed by atoms with E-state index in [4.69, 9.17) is 0 Å². The Kier molecular flexibility index (Phi) is 3.84. The summed E-state index contributed by atoms with van der Waals surface area (Å²) in [6, 6.07) is -0.744. The van der Waals surface area contributed by atoms with E-state index < -0.39 is 0 Å². The fraction of sp³-hybridized carbons (Fsp3) is 0.846. The van der Waals surface area contributed by atoms with Crippen molar-refractivity contribution >= 4 is 11.8 Å². The van der Waals surface area contributed by atoms with E-state index in [1.165, 1.54) is 0 Å². The molecule has 17 heavy (non-hydrogen) atoms. The summed E-state index contributed by atoms with van der Waals surface area (Å²) >= 11 is 0. The zero-order valence-electron chi connectivity index (χ0n) is 11.7. The number of piperazine rings is 1. The fourth-order valence-electron chi connectivity index (χ4n) is 2.41. The summed E-state index contributed by atoms with van der Waals surface area (Å²) in [4.78, 5) is 26.0. The molecule has 3 unspecified atom stereocenters. The van der Waals surface area contributed by atoms with E-state index in [1.54, 1.807) is 11.9 Å². The van der Waals surface area contributed by atoms with Crippen molar-refractivity contribution in [1.82, 2.24) is 10.2 Å². The Hall–Kier alpha value is -1.06. The molecule has 3 atom stereocenters. The molecule has 98 valence electrons. The van der Waals surface area contributed by atoms with Gasteiger partial charge in [-0.05, 0) is 11.3 Å². The number of likely N-dealkylation sites (N-methyl/N-ethyl adjacent to an activating group) is 1. The normalized spacial score (nSPS) is 28.0. The number of rotatable bonds is 2. The van der Waals surface area contributed by atoms with Crippen molar-refractivity contribution < 1.29 is 9.59 Å². The monoisotopic (exact) mass is 240 g/mol. The Balaban J connectivity index is 2.96. The maximum absolute atomic E-state index is 12.2. The fourth-order valence-corrected chi connectivity index (χ4v) is 2.41. The number of carbonyl (C=O) groups is 2. The van der Waals surface area contributed by atoms with Gasteiger partial charge in [-0.3, -0.25) is 9.59 Å². The summed E-state index contributed by atoms with van der Waals surface area (Å²) in [5.41, 5.74) is -0.241. The van der Waals surface area contributed by atoms with Gasteiger partial charge >= 0.3 is 0 Å². The van der Waals surface area contributed by atoms with Gasteiger partial charge in [0, 0.05) is 7.05 Å². The lowest BCUT2D eigenvalue weighted by molar-refractivity contribution is -0.153. The van der Waals surface area contributed by atoms with Crippen LogP contribution in [0.1, 0.15) is 41.0 Å². The summed E-state index contributed by atoms with van der Waals surface area (Å²) in [6.07, 6.45) is 0.880. The zero-order valence-corrected chi connectivity index (χ0v) is 11.7. The van der Waals surface area contributed by atoms with E-state index in [0.717, 1.165) is 6.42 Å². The van der Waals surface area contributed by atoms with E-state index in [-0.39, 0.29) is 35.2 Å². The minimum absolute atomic E-state index is 0.0267. The van der Waals surface area contributed by atoms with Gasteiger partial charge in [0.25, 0.3) is 0 Å². The van der Waals surface area contributed by atoms with Crippen molar-refractivity contribution in [2.75, 3.05) is 7.05 Å². The molecule has 1 N–H and O–H groups in total. The molecule has 1 saturated heterocycles. The highest BCUT2D eigenvalue weighted by Gasteiger charge is 2.45. The third-order valence-electron chi connectivity index (χ3n) is 3.58. The topological polar surface area (TPSA) is 49.4 Å². The summed E-state index contributed by atoms with van der Waals surface area (Å²) < 4.78 is 0. The Morgan fingerprint density at radius 1 is 1.35 bits per heavy atom. The molecule has 4 nitrogen and oxygen atoms in total. The van der Waals surface area contributed by atoms with E-state index >= 15 is 0 Å². The van der Waals surface area contributed by atoms with Gasteiger partial charge in [-0.2, -0.15) is 0 Å².